The lowest BCUT2D eigenvalue weighted by atomic mass is 10.0. The molecule has 0 bridgehead atoms. The van der Waals surface area contributed by atoms with E-state index in [4.69, 9.17) is 19.6 Å². The summed E-state index contributed by atoms with van der Waals surface area (Å²) >= 11 is 0. The van der Waals surface area contributed by atoms with E-state index in [2.05, 4.69) is 15.2 Å². The molecule has 8 heteroatoms. The van der Waals surface area contributed by atoms with E-state index in [1.165, 1.54) is 0 Å². The Hall–Kier alpha value is -3.91. The van der Waals surface area contributed by atoms with E-state index in [1.807, 2.05) is 48.5 Å². The summed E-state index contributed by atoms with van der Waals surface area (Å²) in [5.74, 6) is 1.03. The molecule has 1 aromatic heterocycles. The zero-order chi connectivity index (χ0) is 22.3. The number of carboxylic acid groups (broad SMARTS) is 1. The molecule has 1 aliphatic heterocycles. The molecule has 32 heavy (non-hydrogen) atoms. The molecule has 2 aromatic carbocycles. The van der Waals surface area contributed by atoms with Crippen LogP contribution in [0.5, 0.6) is 5.75 Å². The van der Waals surface area contributed by atoms with E-state index in [0.29, 0.717) is 19.2 Å². The monoisotopic (exact) mass is 432 g/mol. The van der Waals surface area contributed by atoms with E-state index in [-0.39, 0.29) is 0 Å². The molecule has 0 aliphatic carbocycles. The number of aromatic nitrogens is 2. The molecule has 0 saturated carbocycles. The Balaban J connectivity index is 1.70. The van der Waals surface area contributed by atoms with Crippen molar-refractivity contribution in [1.82, 2.24) is 9.97 Å². The summed E-state index contributed by atoms with van der Waals surface area (Å²) in [5.41, 5.74) is 3.39. The second-order valence-corrected chi connectivity index (χ2v) is 7.18. The number of ether oxygens (including phenoxy) is 2. The number of aliphatic carboxylic acids is 1. The van der Waals surface area contributed by atoms with Gasteiger partial charge in [0.2, 0.25) is 5.95 Å². The maximum atomic E-state index is 10.9. The SMILES string of the molecule is COc1cccc(Nc2ncc(-c3cccc(C=CC(=O)O)c3)c(N3CCOCC3)n2)c1. The Kier molecular flexibility index (Phi) is 6.62. The summed E-state index contributed by atoms with van der Waals surface area (Å²) in [6.07, 6.45) is 4.49. The number of hydrogen-bond donors (Lipinski definition) is 2. The van der Waals surface area contributed by atoms with Crippen LogP contribution in [-0.4, -0.2) is 54.5 Å². The number of morpholine rings is 1. The van der Waals surface area contributed by atoms with E-state index in [1.54, 1.807) is 19.4 Å². The number of benzene rings is 2. The average Bonchev–Trinajstić information content (AvgIpc) is 2.83. The fourth-order valence-electron chi connectivity index (χ4n) is 3.46. The number of nitrogens with one attached hydrogen (secondary N) is 1. The summed E-state index contributed by atoms with van der Waals surface area (Å²) in [6, 6.07) is 15.2. The Morgan fingerprint density at radius 2 is 2.00 bits per heavy atom. The van der Waals surface area contributed by atoms with Gasteiger partial charge in [-0.3, -0.25) is 0 Å². The van der Waals surface area contributed by atoms with Crippen LogP contribution >= 0.6 is 0 Å². The number of carboxylic acids is 1. The fourth-order valence-corrected chi connectivity index (χ4v) is 3.46. The zero-order valence-corrected chi connectivity index (χ0v) is 17.7. The summed E-state index contributed by atoms with van der Waals surface area (Å²) < 4.78 is 10.8. The highest BCUT2D eigenvalue weighted by Crippen LogP contribution is 2.31. The van der Waals surface area contributed by atoms with Crippen molar-refractivity contribution in [3.8, 4) is 16.9 Å². The van der Waals surface area contributed by atoms with E-state index in [0.717, 1.165) is 53.1 Å². The molecular weight excluding hydrogens is 408 g/mol. The van der Waals surface area contributed by atoms with E-state index >= 15 is 0 Å². The van der Waals surface area contributed by atoms with Crippen LogP contribution < -0.4 is 15.0 Å². The third-order valence-corrected chi connectivity index (χ3v) is 5.02. The van der Waals surface area contributed by atoms with Gasteiger partial charge in [-0.05, 0) is 35.4 Å². The van der Waals surface area contributed by atoms with Crippen molar-refractivity contribution in [3.63, 3.8) is 0 Å². The first-order valence-corrected chi connectivity index (χ1v) is 10.2. The van der Waals surface area contributed by atoms with Gasteiger partial charge in [0.1, 0.15) is 11.6 Å². The Morgan fingerprint density at radius 3 is 2.78 bits per heavy atom. The second kappa shape index (κ2) is 9.93. The fraction of sp³-hybridized carbons (Fsp3) is 0.208. The van der Waals surface area contributed by atoms with Crippen LogP contribution in [0.2, 0.25) is 0 Å². The lowest BCUT2D eigenvalue weighted by Gasteiger charge is -2.29. The largest absolute Gasteiger partial charge is 0.497 e. The molecule has 0 atom stereocenters. The number of carbonyl (C=O) groups is 1. The van der Waals surface area contributed by atoms with Crippen molar-refractivity contribution in [1.29, 1.82) is 0 Å². The number of methoxy groups -OCH3 is 1. The zero-order valence-electron chi connectivity index (χ0n) is 17.7. The van der Waals surface area contributed by atoms with Gasteiger partial charge in [0.25, 0.3) is 0 Å². The molecule has 0 amide bonds. The van der Waals surface area contributed by atoms with Gasteiger partial charge >= 0.3 is 5.97 Å². The molecule has 8 nitrogen and oxygen atoms in total. The summed E-state index contributed by atoms with van der Waals surface area (Å²) in [5, 5.41) is 12.2. The number of rotatable bonds is 7. The molecule has 1 aliphatic rings. The molecule has 2 heterocycles. The van der Waals surface area contributed by atoms with Crippen LogP contribution in [0, 0.1) is 0 Å². The maximum absolute atomic E-state index is 10.9. The van der Waals surface area contributed by atoms with Gasteiger partial charge in [-0.15, -0.1) is 0 Å². The lowest BCUT2D eigenvalue weighted by molar-refractivity contribution is -0.131. The van der Waals surface area contributed by atoms with E-state index in [9.17, 15) is 4.79 Å². The van der Waals surface area contributed by atoms with Gasteiger partial charge < -0.3 is 24.8 Å². The summed E-state index contributed by atoms with van der Waals surface area (Å²) in [6.45, 7) is 2.70. The first-order chi connectivity index (χ1) is 15.6. The summed E-state index contributed by atoms with van der Waals surface area (Å²) in [7, 11) is 1.63. The minimum Gasteiger partial charge on any atom is -0.497 e. The molecule has 2 N–H and O–H groups in total. The van der Waals surface area contributed by atoms with Crippen molar-refractivity contribution in [2.75, 3.05) is 43.6 Å². The minimum absolute atomic E-state index is 0.477. The molecule has 1 fully saturated rings. The molecule has 1 saturated heterocycles. The van der Waals surface area contributed by atoms with Gasteiger partial charge in [-0.2, -0.15) is 4.98 Å². The van der Waals surface area contributed by atoms with Gasteiger partial charge in [0.05, 0.1) is 20.3 Å². The van der Waals surface area contributed by atoms with Crippen molar-refractivity contribution in [3.05, 3.63) is 66.4 Å². The minimum atomic E-state index is -0.985. The topological polar surface area (TPSA) is 96.8 Å². The quantitative estimate of drug-likeness (QED) is 0.544. The third-order valence-electron chi connectivity index (χ3n) is 5.02. The Labute approximate surface area is 186 Å². The predicted molar refractivity (Wildman–Crippen MR) is 123 cm³/mol. The Morgan fingerprint density at radius 1 is 1.19 bits per heavy atom. The molecule has 164 valence electrons. The van der Waals surface area contributed by atoms with Gasteiger partial charge in [0.15, 0.2) is 0 Å². The smallest absolute Gasteiger partial charge is 0.328 e. The molecule has 0 unspecified atom stereocenters. The normalized spacial score (nSPS) is 13.8. The highest BCUT2D eigenvalue weighted by Gasteiger charge is 2.19. The molecule has 0 radical (unpaired) electrons. The molecule has 3 aromatic rings. The van der Waals surface area contributed by atoms with Crippen LogP contribution in [-0.2, 0) is 9.53 Å². The molecular formula is C24H24N4O4. The number of nitrogens with zero attached hydrogens (tertiary/aromatic N) is 3. The first kappa shape index (κ1) is 21.3. The predicted octanol–water partition coefficient (Wildman–Crippen LogP) is 3.83. The number of anilines is 3. The summed E-state index contributed by atoms with van der Waals surface area (Å²) in [4.78, 5) is 22.4. The highest BCUT2D eigenvalue weighted by atomic mass is 16.5. The van der Waals surface area contributed by atoms with Crippen LogP contribution in [0.15, 0.2) is 60.8 Å². The van der Waals surface area contributed by atoms with Crippen LogP contribution in [0.3, 0.4) is 0 Å². The third kappa shape index (κ3) is 5.22. The van der Waals surface area contributed by atoms with Crippen molar-refractivity contribution in [2.24, 2.45) is 0 Å². The second-order valence-electron chi connectivity index (χ2n) is 7.18. The van der Waals surface area contributed by atoms with Crippen molar-refractivity contribution >= 4 is 29.5 Å². The molecule has 4 rings (SSSR count). The van der Waals surface area contributed by atoms with Gasteiger partial charge in [-0.25, -0.2) is 9.78 Å². The van der Waals surface area contributed by atoms with Crippen LogP contribution in [0.25, 0.3) is 17.2 Å². The van der Waals surface area contributed by atoms with Gasteiger partial charge in [0, 0.05) is 42.7 Å². The van der Waals surface area contributed by atoms with Crippen LogP contribution in [0.4, 0.5) is 17.5 Å². The highest BCUT2D eigenvalue weighted by molar-refractivity contribution is 5.86. The standard InChI is InChI=1S/C24H24N4O4/c1-31-20-7-3-6-19(15-20)26-24-25-16-21(23(27-24)28-10-12-32-13-11-28)18-5-2-4-17(14-18)8-9-22(29)30/h2-9,14-16H,10-13H2,1H3,(H,29,30)(H,25,26,27). The van der Waals surface area contributed by atoms with E-state index < -0.39 is 5.97 Å². The lowest BCUT2D eigenvalue weighted by Crippen LogP contribution is -2.37. The number of hydrogen-bond acceptors (Lipinski definition) is 7. The molecule has 0 spiro atoms. The first-order valence-electron chi connectivity index (χ1n) is 10.2. The Bertz CT molecular complexity index is 1130. The van der Waals surface area contributed by atoms with Gasteiger partial charge in [-0.1, -0.05) is 24.3 Å². The average molecular weight is 432 g/mol. The van der Waals surface area contributed by atoms with Crippen molar-refractivity contribution < 1.29 is 19.4 Å². The van der Waals surface area contributed by atoms with Crippen molar-refractivity contribution in [2.45, 2.75) is 0 Å². The van der Waals surface area contributed by atoms with Crippen LogP contribution in [0.1, 0.15) is 5.56 Å². The maximum Gasteiger partial charge on any atom is 0.328 e.